The van der Waals surface area contributed by atoms with E-state index in [1.54, 1.807) is 42.3 Å². The Kier molecular flexibility index (Phi) is 3.94. The molecule has 4 nitrogen and oxygen atoms in total. The van der Waals surface area contributed by atoms with E-state index in [4.69, 9.17) is 0 Å². The van der Waals surface area contributed by atoms with Gasteiger partial charge in [0.15, 0.2) is 0 Å². The maximum absolute atomic E-state index is 12.3. The van der Waals surface area contributed by atoms with Gasteiger partial charge in [0.05, 0.1) is 6.04 Å². The topological polar surface area (TPSA) is 60.8 Å². The molecule has 1 atom stereocenters. The van der Waals surface area contributed by atoms with Crippen molar-refractivity contribution >= 4 is 5.91 Å². The average Bonchev–Trinajstić information content (AvgIpc) is 2.46. The lowest BCUT2D eigenvalue weighted by Gasteiger charge is -2.26. The van der Waals surface area contributed by atoms with E-state index in [0.29, 0.717) is 11.1 Å². The smallest absolute Gasteiger partial charge is 0.254 e. The SMILES string of the molecule is CC(c1ccccc1O)N(C)C(=O)c1ccc(O)cc1. The number of carbonyl (C=O) groups excluding carboxylic acids is 1. The molecule has 0 spiro atoms. The second-order valence-corrected chi connectivity index (χ2v) is 4.70. The van der Waals surface area contributed by atoms with Crippen LogP contribution in [0.5, 0.6) is 11.5 Å². The highest BCUT2D eigenvalue weighted by Gasteiger charge is 2.20. The molecule has 1 unspecified atom stereocenters. The van der Waals surface area contributed by atoms with Crippen molar-refractivity contribution in [2.75, 3.05) is 7.05 Å². The molecule has 2 N–H and O–H groups in total. The molecule has 0 aliphatic carbocycles. The molecule has 2 rings (SSSR count). The summed E-state index contributed by atoms with van der Waals surface area (Å²) in [5.74, 6) is 0.129. The van der Waals surface area contributed by atoms with Crippen LogP contribution in [0.2, 0.25) is 0 Å². The fourth-order valence-electron chi connectivity index (χ4n) is 2.03. The molecule has 20 heavy (non-hydrogen) atoms. The molecule has 0 aliphatic rings. The zero-order valence-electron chi connectivity index (χ0n) is 11.4. The normalized spacial score (nSPS) is 11.9. The second kappa shape index (κ2) is 5.65. The summed E-state index contributed by atoms with van der Waals surface area (Å²) in [5.41, 5.74) is 1.19. The van der Waals surface area contributed by atoms with Crippen molar-refractivity contribution in [1.82, 2.24) is 4.90 Å². The zero-order chi connectivity index (χ0) is 14.7. The molecule has 0 saturated heterocycles. The summed E-state index contributed by atoms with van der Waals surface area (Å²) in [7, 11) is 1.69. The van der Waals surface area contributed by atoms with Crippen molar-refractivity contribution in [1.29, 1.82) is 0 Å². The lowest BCUT2D eigenvalue weighted by atomic mass is 10.1. The van der Waals surface area contributed by atoms with E-state index in [9.17, 15) is 15.0 Å². The Balaban J connectivity index is 2.22. The lowest BCUT2D eigenvalue weighted by Crippen LogP contribution is -2.29. The standard InChI is InChI=1S/C16H17NO3/c1-11(14-5-3-4-6-15(14)19)17(2)16(20)12-7-9-13(18)10-8-12/h3-11,18-19H,1-2H3. The maximum Gasteiger partial charge on any atom is 0.254 e. The Morgan fingerprint density at radius 3 is 2.25 bits per heavy atom. The first-order valence-corrected chi connectivity index (χ1v) is 6.35. The summed E-state index contributed by atoms with van der Waals surface area (Å²) in [6.45, 7) is 1.85. The lowest BCUT2D eigenvalue weighted by molar-refractivity contribution is 0.0741. The fraction of sp³-hybridized carbons (Fsp3) is 0.188. The molecule has 0 aliphatic heterocycles. The van der Waals surface area contributed by atoms with Gasteiger partial charge in [-0.25, -0.2) is 0 Å². The molecule has 0 fully saturated rings. The number of phenolic OH excluding ortho intramolecular Hbond substituents is 2. The van der Waals surface area contributed by atoms with Gasteiger partial charge in [-0.2, -0.15) is 0 Å². The highest BCUT2D eigenvalue weighted by molar-refractivity contribution is 5.94. The van der Waals surface area contributed by atoms with Gasteiger partial charge in [0.25, 0.3) is 5.91 Å². The van der Waals surface area contributed by atoms with Crippen LogP contribution in [0.4, 0.5) is 0 Å². The van der Waals surface area contributed by atoms with E-state index < -0.39 is 0 Å². The van der Waals surface area contributed by atoms with Gasteiger partial charge in [0.1, 0.15) is 11.5 Å². The molecular formula is C16H17NO3. The molecule has 2 aromatic rings. The van der Waals surface area contributed by atoms with Crippen LogP contribution in [0.25, 0.3) is 0 Å². The number of hydrogen-bond donors (Lipinski definition) is 2. The van der Waals surface area contributed by atoms with Crippen molar-refractivity contribution in [2.24, 2.45) is 0 Å². The summed E-state index contributed by atoms with van der Waals surface area (Å²) in [5, 5.41) is 19.1. The van der Waals surface area contributed by atoms with Crippen LogP contribution in [-0.2, 0) is 0 Å². The van der Waals surface area contributed by atoms with Crippen LogP contribution in [0.15, 0.2) is 48.5 Å². The minimum Gasteiger partial charge on any atom is -0.508 e. The Morgan fingerprint density at radius 1 is 1.05 bits per heavy atom. The molecule has 0 bridgehead atoms. The summed E-state index contributed by atoms with van der Waals surface area (Å²) in [6.07, 6.45) is 0. The van der Waals surface area contributed by atoms with Gasteiger partial charge in [-0.1, -0.05) is 18.2 Å². The number of aromatic hydroxyl groups is 2. The summed E-state index contributed by atoms with van der Waals surface area (Å²) in [6, 6.07) is 12.8. The van der Waals surface area contributed by atoms with Gasteiger partial charge in [0, 0.05) is 18.2 Å². The Labute approximate surface area is 117 Å². The third-order valence-corrected chi connectivity index (χ3v) is 3.40. The van der Waals surface area contributed by atoms with Crippen molar-refractivity contribution in [3.63, 3.8) is 0 Å². The van der Waals surface area contributed by atoms with E-state index in [2.05, 4.69) is 0 Å². The van der Waals surface area contributed by atoms with Crippen LogP contribution in [0.1, 0.15) is 28.9 Å². The van der Waals surface area contributed by atoms with E-state index >= 15 is 0 Å². The molecule has 0 saturated carbocycles. The van der Waals surface area contributed by atoms with Gasteiger partial charge in [-0.3, -0.25) is 4.79 Å². The molecular weight excluding hydrogens is 254 g/mol. The number of amides is 1. The van der Waals surface area contributed by atoms with Crippen molar-refractivity contribution in [3.8, 4) is 11.5 Å². The molecule has 4 heteroatoms. The van der Waals surface area contributed by atoms with E-state index in [1.165, 1.54) is 12.1 Å². The first-order chi connectivity index (χ1) is 9.50. The van der Waals surface area contributed by atoms with E-state index in [0.717, 1.165) is 0 Å². The summed E-state index contributed by atoms with van der Waals surface area (Å²) >= 11 is 0. The molecule has 0 heterocycles. The van der Waals surface area contributed by atoms with Crippen LogP contribution in [0, 0.1) is 0 Å². The van der Waals surface area contributed by atoms with Crippen LogP contribution >= 0.6 is 0 Å². The van der Waals surface area contributed by atoms with Gasteiger partial charge in [-0.15, -0.1) is 0 Å². The fourth-order valence-corrected chi connectivity index (χ4v) is 2.03. The van der Waals surface area contributed by atoms with Crippen LogP contribution in [0.3, 0.4) is 0 Å². The van der Waals surface area contributed by atoms with Crippen molar-refractivity contribution in [2.45, 2.75) is 13.0 Å². The minimum absolute atomic E-state index is 0.123. The van der Waals surface area contributed by atoms with Gasteiger partial charge in [-0.05, 0) is 37.3 Å². The van der Waals surface area contributed by atoms with Gasteiger partial charge < -0.3 is 15.1 Å². The maximum atomic E-state index is 12.3. The molecule has 1 amide bonds. The highest BCUT2D eigenvalue weighted by Crippen LogP contribution is 2.28. The third-order valence-electron chi connectivity index (χ3n) is 3.40. The third kappa shape index (κ3) is 2.74. The first kappa shape index (κ1) is 13.9. The summed E-state index contributed by atoms with van der Waals surface area (Å²) < 4.78 is 0. The molecule has 104 valence electrons. The number of hydrogen-bond acceptors (Lipinski definition) is 3. The number of benzene rings is 2. The van der Waals surface area contributed by atoms with Gasteiger partial charge in [0.2, 0.25) is 0 Å². The van der Waals surface area contributed by atoms with E-state index in [-0.39, 0.29) is 23.4 Å². The number of para-hydroxylation sites is 1. The van der Waals surface area contributed by atoms with Crippen LogP contribution in [-0.4, -0.2) is 28.1 Å². The Hall–Kier alpha value is -2.49. The van der Waals surface area contributed by atoms with E-state index in [1.807, 2.05) is 13.0 Å². The second-order valence-electron chi connectivity index (χ2n) is 4.70. The Morgan fingerprint density at radius 2 is 1.65 bits per heavy atom. The number of phenols is 2. The predicted octanol–water partition coefficient (Wildman–Crippen LogP) is 2.93. The summed E-state index contributed by atoms with van der Waals surface area (Å²) in [4.78, 5) is 13.9. The van der Waals surface area contributed by atoms with Crippen molar-refractivity contribution < 1.29 is 15.0 Å². The van der Waals surface area contributed by atoms with Gasteiger partial charge >= 0.3 is 0 Å². The van der Waals surface area contributed by atoms with Crippen molar-refractivity contribution in [3.05, 3.63) is 59.7 Å². The monoisotopic (exact) mass is 271 g/mol. The average molecular weight is 271 g/mol. The largest absolute Gasteiger partial charge is 0.508 e. The molecule has 2 aromatic carbocycles. The number of rotatable bonds is 3. The van der Waals surface area contributed by atoms with Crippen LogP contribution < -0.4 is 0 Å². The predicted molar refractivity (Wildman–Crippen MR) is 76.7 cm³/mol. The zero-order valence-corrected chi connectivity index (χ0v) is 11.4. The number of carbonyl (C=O) groups is 1. The first-order valence-electron chi connectivity index (χ1n) is 6.35. The quantitative estimate of drug-likeness (QED) is 0.902. The highest BCUT2D eigenvalue weighted by atomic mass is 16.3. The molecule has 0 radical (unpaired) electrons. The molecule has 0 aromatic heterocycles. The minimum atomic E-state index is -0.252. The number of nitrogens with zero attached hydrogens (tertiary/aromatic N) is 1. The Bertz CT molecular complexity index is 607.